The number of aliphatic hydroxyl groups excluding tert-OH is 1. The van der Waals surface area contributed by atoms with E-state index in [2.05, 4.69) is 27.2 Å². The van der Waals surface area contributed by atoms with Crippen molar-refractivity contribution in [3.63, 3.8) is 0 Å². The second-order valence-electron chi connectivity index (χ2n) is 10.4. The second-order valence-corrected chi connectivity index (χ2v) is 10.8. The van der Waals surface area contributed by atoms with Gasteiger partial charge in [-0.1, -0.05) is 29.8 Å². The summed E-state index contributed by atoms with van der Waals surface area (Å²) in [6.45, 7) is 6.82. The lowest BCUT2D eigenvalue weighted by Crippen LogP contribution is -2.31. The molecule has 0 saturated carbocycles. The highest BCUT2D eigenvalue weighted by Crippen LogP contribution is 2.31. The molecule has 0 spiro atoms. The Morgan fingerprint density at radius 3 is 2.71 bits per heavy atom. The van der Waals surface area contributed by atoms with Crippen LogP contribution in [0.2, 0.25) is 5.02 Å². The number of nitrogens with zero attached hydrogens (tertiary/aromatic N) is 2. The third-order valence-corrected chi connectivity index (χ3v) is 7.35. The number of aromatic amines is 1. The Labute approximate surface area is 249 Å². The van der Waals surface area contributed by atoms with Crippen molar-refractivity contribution < 1.29 is 9.50 Å². The van der Waals surface area contributed by atoms with Crippen LogP contribution in [0.1, 0.15) is 37.3 Å². The number of aliphatic hydroxyl groups is 1. The normalized spacial score (nSPS) is 12.8. The molecule has 0 amide bonds. The van der Waals surface area contributed by atoms with Crippen molar-refractivity contribution >= 4 is 28.5 Å². The van der Waals surface area contributed by atoms with Gasteiger partial charge >= 0.3 is 5.69 Å². The maximum Gasteiger partial charge on any atom is 0.354 e. The minimum Gasteiger partial charge on any atom is -0.395 e. The van der Waals surface area contributed by atoms with Gasteiger partial charge in [-0.2, -0.15) is 4.98 Å². The Morgan fingerprint density at radius 1 is 1.26 bits per heavy atom. The molecule has 42 heavy (non-hydrogen) atoms. The average molecular weight is 594 g/mol. The highest BCUT2D eigenvalue weighted by molar-refractivity contribution is 6.31. The maximum atomic E-state index is 15.1. The number of nitrogens with one attached hydrogen (secondary N) is 4. The molecule has 222 valence electrons. The van der Waals surface area contributed by atoms with E-state index in [9.17, 15) is 4.79 Å². The van der Waals surface area contributed by atoms with Crippen LogP contribution >= 0.6 is 11.6 Å². The highest BCUT2D eigenvalue weighted by Gasteiger charge is 2.16. The van der Waals surface area contributed by atoms with Gasteiger partial charge in [-0.05, 0) is 74.1 Å². The summed E-state index contributed by atoms with van der Waals surface area (Å²) in [4.78, 5) is 20.2. The van der Waals surface area contributed by atoms with E-state index >= 15 is 4.39 Å². The van der Waals surface area contributed by atoms with E-state index in [0.717, 1.165) is 24.0 Å². The summed E-state index contributed by atoms with van der Waals surface area (Å²) in [5, 5.41) is 23.7. The zero-order chi connectivity index (χ0) is 30.2. The fourth-order valence-corrected chi connectivity index (χ4v) is 4.95. The lowest BCUT2D eigenvalue weighted by atomic mass is 10.0. The monoisotopic (exact) mass is 593 g/mol. The van der Waals surface area contributed by atoms with Crippen LogP contribution in [0.5, 0.6) is 0 Å². The lowest BCUT2D eigenvalue weighted by molar-refractivity contribution is 0.258. The van der Waals surface area contributed by atoms with Crippen molar-refractivity contribution in [3.8, 4) is 16.9 Å². The van der Waals surface area contributed by atoms with E-state index in [-0.39, 0.29) is 23.7 Å². The van der Waals surface area contributed by atoms with Gasteiger partial charge in [0.15, 0.2) is 5.82 Å². The van der Waals surface area contributed by atoms with Gasteiger partial charge < -0.3 is 26.5 Å². The molecule has 0 aliphatic carbocycles. The molecule has 4 aromatic rings. The first-order valence-electron chi connectivity index (χ1n) is 13.9. The van der Waals surface area contributed by atoms with Crippen molar-refractivity contribution in [1.82, 2.24) is 25.2 Å². The predicted octanol–water partition coefficient (Wildman–Crippen LogP) is 4.44. The van der Waals surface area contributed by atoms with Gasteiger partial charge in [-0.25, -0.2) is 9.18 Å². The molecule has 7 N–H and O–H groups in total. The fraction of sp³-hybridized carbons (Fsp3) is 0.323. The Hall–Kier alpha value is -3.83. The van der Waals surface area contributed by atoms with E-state index < -0.39 is 11.5 Å². The van der Waals surface area contributed by atoms with Crippen LogP contribution in [0.25, 0.3) is 28.0 Å². The third kappa shape index (κ3) is 7.92. The van der Waals surface area contributed by atoms with Crippen LogP contribution < -0.4 is 22.1 Å². The summed E-state index contributed by atoms with van der Waals surface area (Å²) in [5.74, 6) is -0.122. The summed E-state index contributed by atoms with van der Waals surface area (Å²) in [6, 6.07) is 12.5. The second kappa shape index (κ2) is 14.4. The number of rotatable bonds is 14. The van der Waals surface area contributed by atoms with E-state index in [1.807, 2.05) is 30.3 Å². The van der Waals surface area contributed by atoms with Gasteiger partial charge in [-0.3, -0.25) is 9.98 Å². The van der Waals surface area contributed by atoms with Gasteiger partial charge in [0.2, 0.25) is 0 Å². The molecule has 9 nitrogen and oxygen atoms in total. The first-order chi connectivity index (χ1) is 20.2. The van der Waals surface area contributed by atoms with Gasteiger partial charge in [-0.15, -0.1) is 6.58 Å². The Balaban J connectivity index is 1.50. The van der Waals surface area contributed by atoms with E-state index in [4.69, 9.17) is 27.9 Å². The SMILES string of the molecule is C=CC(CCNC(C)=N)NCc1ccc(-n2cc3cc(-c4cc(CCC[C@@H](N)CO)cc(Cl)c4F)[nH]c3nc2=O)cc1. The topological polar surface area (TPSA) is 145 Å². The van der Waals surface area contributed by atoms with Gasteiger partial charge in [0.1, 0.15) is 5.65 Å². The molecular weight excluding hydrogens is 557 g/mol. The van der Waals surface area contributed by atoms with E-state index in [0.29, 0.717) is 59.7 Å². The van der Waals surface area contributed by atoms with Crippen LogP contribution in [0.15, 0.2) is 66.1 Å². The Bertz CT molecular complexity index is 1600. The summed E-state index contributed by atoms with van der Waals surface area (Å²) >= 11 is 6.22. The number of aryl methyl sites for hydroxylation is 1. The molecule has 2 heterocycles. The Morgan fingerprint density at radius 2 is 2.02 bits per heavy atom. The number of hydrogen-bond acceptors (Lipinski definition) is 6. The lowest BCUT2D eigenvalue weighted by Gasteiger charge is -2.15. The molecule has 4 rings (SSSR count). The van der Waals surface area contributed by atoms with Gasteiger partial charge in [0.05, 0.1) is 28.8 Å². The number of fused-ring (bicyclic) bond motifs is 1. The molecule has 2 aromatic carbocycles. The molecular formula is C31H37ClFN7O2. The van der Waals surface area contributed by atoms with E-state index in [1.54, 1.807) is 31.3 Å². The third-order valence-electron chi connectivity index (χ3n) is 7.07. The van der Waals surface area contributed by atoms with Crippen molar-refractivity contribution in [3.05, 3.63) is 93.8 Å². The Kier molecular flexibility index (Phi) is 10.6. The summed E-state index contributed by atoms with van der Waals surface area (Å²) in [5.41, 5.74) is 8.98. The quantitative estimate of drug-likeness (QED) is 0.0724. The number of amidine groups is 1. The molecule has 0 aliphatic rings. The minimum atomic E-state index is -0.557. The number of nitrogens with two attached hydrogens (primary N) is 1. The van der Waals surface area contributed by atoms with Crippen molar-refractivity contribution in [1.29, 1.82) is 5.41 Å². The van der Waals surface area contributed by atoms with Crippen molar-refractivity contribution in [2.24, 2.45) is 5.73 Å². The minimum absolute atomic E-state index is 0.00673. The number of H-pyrrole nitrogens is 1. The summed E-state index contributed by atoms with van der Waals surface area (Å²) < 4.78 is 16.5. The molecule has 0 aliphatic heterocycles. The molecule has 11 heteroatoms. The molecule has 0 radical (unpaired) electrons. The maximum absolute atomic E-state index is 15.1. The molecule has 2 atom stereocenters. The number of hydrogen-bond donors (Lipinski definition) is 6. The summed E-state index contributed by atoms with van der Waals surface area (Å²) in [6.07, 6.45) is 6.33. The first-order valence-corrected chi connectivity index (χ1v) is 14.3. The average Bonchev–Trinajstić information content (AvgIpc) is 3.38. The van der Waals surface area contributed by atoms with Crippen LogP contribution in [-0.2, 0) is 13.0 Å². The first kappa shape index (κ1) is 31.1. The molecule has 1 unspecified atom stereocenters. The zero-order valence-electron chi connectivity index (χ0n) is 23.6. The van der Waals surface area contributed by atoms with E-state index in [1.165, 1.54) is 4.57 Å². The van der Waals surface area contributed by atoms with Crippen LogP contribution in [0.4, 0.5) is 4.39 Å². The molecule has 0 bridgehead atoms. The highest BCUT2D eigenvalue weighted by atomic mass is 35.5. The molecule has 0 fully saturated rings. The molecule has 2 aromatic heterocycles. The standard InChI is InChI=1S/C31H37ClFN7O2/c1-3-24(11-12-36-19(2)34)37-16-20-7-9-25(10-8-20)40-17-22-15-28(38-30(22)39-31(40)42)26-13-21(14-27(32)29(26)33)5-4-6-23(35)18-41/h3,7-10,13-15,17,23-24,37,41H,1,4-6,11-12,16,18,35H2,2H3,(H2,34,36)(H,38,39,42)/t23-,24?/m1/s1. The van der Waals surface area contributed by atoms with Crippen LogP contribution in [-0.4, -0.2) is 50.7 Å². The van der Waals surface area contributed by atoms with Gasteiger partial charge in [0, 0.05) is 42.3 Å². The predicted molar refractivity (Wildman–Crippen MR) is 167 cm³/mol. The smallest absolute Gasteiger partial charge is 0.354 e. The largest absolute Gasteiger partial charge is 0.395 e. The van der Waals surface area contributed by atoms with Crippen molar-refractivity contribution in [2.45, 2.75) is 51.2 Å². The summed E-state index contributed by atoms with van der Waals surface area (Å²) in [7, 11) is 0. The van der Waals surface area contributed by atoms with Gasteiger partial charge in [0.25, 0.3) is 0 Å². The number of halogens is 2. The zero-order valence-corrected chi connectivity index (χ0v) is 24.3. The van der Waals surface area contributed by atoms with Crippen molar-refractivity contribution in [2.75, 3.05) is 13.2 Å². The molecule has 0 saturated heterocycles. The van der Waals surface area contributed by atoms with Crippen LogP contribution in [0.3, 0.4) is 0 Å². The number of aromatic nitrogens is 3. The fourth-order valence-electron chi connectivity index (χ4n) is 4.71. The van der Waals surface area contributed by atoms with Crippen LogP contribution in [0, 0.1) is 11.2 Å². The number of benzene rings is 2.